The van der Waals surface area contributed by atoms with Crippen LogP contribution in [-0.4, -0.2) is 22.2 Å². The lowest BCUT2D eigenvalue weighted by Gasteiger charge is -2.33. The Morgan fingerprint density at radius 2 is 2.12 bits per heavy atom. The van der Waals surface area contributed by atoms with Crippen LogP contribution >= 0.6 is 0 Å². The molecule has 1 aliphatic rings. The van der Waals surface area contributed by atoms with E-state index in [9.17, 15) is 13.2 Å². The molecule has 2 rings (SSSR count). The molecule has 2 N–H and O–H groups in total. The van der Waals surface area contributed by atoms with Crippen LogP contribution in [0.15, 0.2) is 12.4 Å². The first kappa shape index (κ1) is 12.4. The maximum Gasteiger partial charge on any atom is 0.393 e. The smallest absolute Gasteiger partial charge is 0.348 e. The second kappa shape index (κ2) is 5.08. The van der Waals surface area contributed by atoms with Crippen molar-refractivity contribution < 1.29 is 13.2 Å². The van der Waals surface area contributed by atoms with Crippen LogP contribution in [0.3, 0.4) is 0 Å². The molecule has 0 saturated heterocycles. The third-order valence-corrected chi connectivity index (χ3v) is 3.27. The minimum atomic E-state index is -4.10. The molecule has 1 aliphatic carbocycles. The molecule has 0 bridgehead atoms. The lowest BCUT2D eigenvalue weighted by molar-refractivity contribution is -0.189. The van der Waals surface area contributed by atoms with E-state index >= 15 is 0 Å². The van der Waals surface area contributed by atoms with Gasteiger partial charge < -0.3 is 10.3 Å². The number of nitrogens with zero attached hydrogens (tertiary/aromatic N) is 1. The highest BCUT2D eigenvalue weighted by Crippen LogP contribution is 2.37. The van der Waals surface area contributed by atoms with Gasteiger partial charge in [-0.3, -0.25) is 0 Å². The Bertz CT molecular complexity index is 334. The van der Waals surface area contributed by atoms with E-state index in [4.69, 9.17) is 0 Å². The highest BCUT2D eigenvalue weighted by molar-refractivity contribution is 4.90. The van der Waals surface area contributed by atoms with Crippen molar-refractivity contribution in [1.82, 2.24) is 15.3 Å². The van der Waals surface area contributed by atoms with E-state index in [0.29, 0.717) is 25.2 Å². The summed E-state index contributed by atoms with van der Waals surface area (Å²) in [6, 6.07) is -0.478. The summed E-state index contributed by atoms with van der Waals surface area (Å²) in [6.07, 6.45) is 1.52. The van der Waals surface area contributed by atoms with Gasteiger partial charge >= 0.3 is 6.18 Å². The van der Waals surface area contributed by atoms with Gasteiger partial charge in [-0.05, 0) is 12.8 Å². The molecule has 1 aromatic heterocycles. The molecule has 17 heavy (non-hydrogen) atoms. The van der Waals surface area contributed by atoms with E-state index in [1.54, 1.807) is 12.4 Å². The lowest BCUT2D eigenvalue weighted by Crippen LogP contribution is -2.45. The van der Waals surface area contributed by atoms with E-state index in [-0.39, 0.29) is 6.42 Å². The number of rotatable bonds is 3. The lowest BCUT2D eigenvalue weighted by atomic mass is 9.84. The predicted molar refractivity (Wildman–Crippen MR) is 57.2 cm³/mol. The highest BCUT2D eigenvalue weighted by Gasteiger charge is 2.45. The van der Waals surface area contributed by atoms with Crippen LogP contribution in [0.2, 0.25) is 0 Å². The number of aromatic nitrogens is 2. The third kappa shape index (κ3) is 3.21. The molecule has 0 spiro atoms. The summed E-state index contributed by atoms with van der Waals surface area (Å²) in [6.45, 7) is 0.365. The Labute approximate surface area is 97.8 Å². The average Bonchev–Trinajstić information content (AvgIpc) is 2.78. The first-order valence-corrected chi connectivity index (χ1v) is 5.86. The molecule has 1 fully saturated rings. The quantitative estimate of drug-likeness (QED) is 0.862. The Morgan fingerprint density at radius 1 is 1.35 bits per heavy atom. The van der Waals surface area contributed by atoms with Crippen molar-refractivity contribution in [2.45, 2.75) is 44.4 Å². The van der Waals surface area contributed by atoms with Gasteiger partial charge in [0, 0.05) is 18.4 Å². The standard InChI is InChI=1S/C11H16F3N3/c12-11(13,14)8-3-1-2-4-9(8)17-7-10-15-5-6-16-10/h5-6,8-9,17H,1-4,7H2,(H,15,16). The molecule has 1 saturated carbocycles. The summed E-state index contributed by atoms with van der Waals surface area (Å²) >= 11 is 0. The molecule has 6 heteroatoms. The number of hydrogen-bond donors (Lipinski definition) is 2. The zero-order valence-corrected chi connectivity index (χ0v) is 9.43. The molecule has 1 heterocycles. The maximum absolute atomic E-state index is 12.8. The van der Waals surface area contributed by atoms with Gasteiger partial charge in [0.2, 0.25) is 0 Å². The summed E-state index contributed by atoms with van der Waals surface area (Å²) < 4.78 is 38.4. The Hall–Kier alpha value is -1.04. The van der Waals surface area contributed by atoms with Gasteiger partial charge in [0.15, 0.2) is 0 Å². The van der Waals surface area contributed by atoms with E-state index in [2.05, 4.69) is 15.3 Å². The van der Waals surface area contributed by atoms with Crippen molar-refractivity contribution in [1.29, 1.82) is 0 Å². The van der Waals surface area contributed by atoms with Gasteiger partial charge in [-0.25, -0.2) is 4.98 Å². The van der Waals surface area contributed by atoms with Crippen molar-refractivity contribution in [3.8, 4) is 0 Å². The molecule has 2 unspecified atom stereocenters. The SMILES string of the molecule is FC(F)(F)C1CCCCC1NCc1ncc[nH]1. The van der Waals surface area contributed by atoms with Gasteiger partial charge in [0.05, 0.1) is 12.5 Å². The largest absolute Gasteiger partial charge is 0.393 e. The molecular formula is C11H16F3N3. The molecule has 0 aliphatic heterocycles. The molecule has 96 valence electrons. The summed E-state index contributed by atoms with van der Waals surface area (Å²) in [7, 11) is 0. The number of aromatic amines is 1. The molecule has 1 aromatic rings. The van der Waals surface area contributed by atoms with Crippen LogP contribution < -0.4 is 5.32 Å². The fraction of sp³-hybridized carbons (Fsp3) is 0.727. The van der Waals surface area contributed by atoms with Crippen LogP contribution in [0.25, 0.3) is 0 Å². The zero-order valence-electron chi connectivity index (χ0n) is 9.43. The zero-order chi connectivity index (χ0) is 12.3. The topological polar surface area (TPSA) is 40.7 Å². The van der Waals surface area contributed by atoms with Crippen molar-refractivity contribution >= 4 is 0 Å². The van der Waals surface area contributed by atoms with Gasteiger partial charge in [0.25, 0.3) is 0 Å². The third-order valence-electron chi connectivity index (χ3n) is 3.27. The van der Waals surface area contributed by atoms with E-state index < -0.39 is 18.1 Å². The van der Waals surface area contributed by atoms with Crippen LogP contribution in [0.1, 0.15) is 31.5 Å². The van der Waals surface area contributed by atoms with Crippen LogP contribution in [0, 0.1) is 5.92 Å². The van der Waals surface area contributed by atoms with Gasteiger partial charge in [-0.1, -0.05) is 12.8 Å². The van der Waals surface area contributed by atoms with Crippen LogP contribution in [0.4, 0.5) is 13.2 Å². The molecule has 2 atom stereocenters. The molecule has 0 amide bonds. The molecule has 0 aromatic carbocycles. The fourth-order valence-electron chi connectivity index (χ4n) is 2.39. The number of alkyl halides is 3. The minimum absolute atomic E-state index is 0.235. The van der Waals surface area contributed by atoms with Gasteiger partial charge in [-0.2, -0.15) is 13.2 Å². The molecular weight excluding hydrogens is 231 g/mol. The first-order chi connectivity index (χ1) is 8.07. The van der Waals surface area contributed by atoms with Gasteiger partial charge in [0.1, 0.15) is 5.82 Å². The number of hydrogen-bond acceptors (Lipinski definition) is 2. The van der Waals surface area contributed by atoms with Crippen LogP contribution in [-0.2, 0) is 6.54 Å². The first-order valence-electron chi connectivity index (χ1n) is 5.86. The van der Waals surface area contributed by atoms with E-state index in [0.717, 1.165) is 6.42 Å². The Kier molecular flexibility index (Phi) is 3.71. The summed E-state index contributed by atoms with van der Waals surface area (Å²) in [4.78, 5) is 6.86. The van der Waals surface area contributed by atoms with Crippen molar-refractivity contribution in [3.05, 3.63) is 18.2 Å². The van der Waals surface area contributed by atoms with Crippen molar-refractivity contribution in [3.63, 3.8) is 0 Å². The summed E-state index contributed by atoms with van der Waals surface area (Å²) in [5, 5.41) is 2.97. The fourth-order valence-corrected chi connectivity index (χ4v) is 2.39. The maximum atomic E-state index is 12.8. The van der Waals surface area contributed by atoms with Crippen LogP contribution in [0.5, 0.6) is 0 Å². The summed E-state index contributed by atoms with van der Waals surface area (Å²) in [5.41, 5.74) is 0. The summed E-state index contributed by atoms with van der Waals surface area (Å²) in [5.74, 6) is -0.539. The normalized spacial score (nSPS) is 26.1. The molecule has 3 nitrogen and oxygen atoms in total. The molecule has 0 radical (unpaired) electrons. The van der Waals surface area contributed by atoms with Gasteiger partial charge in [-0.15, -0.1) is 0 Å². The van der Waals surface area contributed by atoms with Crippen molar-refractivity contribution in [2.24, 2.45) is 5.92 Å². The number of H-pyrrole nitrogens is 1. The highest BCUT2D eigenvalue weighted by atomic mass is 19.4. The predicted octanol–water partition coefficient (Wildman–Crippen LogP) is 2.62. The van der Waals surface area contributed by atoms with Crippen molar-refractivity contribution in [2.75, 3.05) is 0 Å². The number of imidazole rings is 1. The second-order valence-corrected chi connectivity index (χ2v) is 4.46. The number of nitrogens with one attached hydrogen (secondary N) is 2. The number of halogens is 3. The van der Waals surface area contributed by atoms with E-state index in [1.807, 2.05) is 0 Å². The Morgan fingerprint density at radius 3 is 2.76 bits per heavy atom. The minimum Gasteiger partial charge on any atom is -0.348 e. The second-order valence-electron chi connectivity index (χ2n) is 4.46. The Balaban J connectivity index is 1.92. The van der Waals surface area contributed by atoms with E-state index in [1.165, 1.54) is 0 Å². The average molecular weight is 247 g/mol. The monoisotopic (exact) mass is 247 g/mol.